The van der Waals surface area contributed by atoms with Crippen molar-refractivity contribution in [3.63, 3.8) is 0 Å². The van der Waals surface area contributed by atoms with Crippen LogP contribution in [-0.2, 0) is 4.79 Å². The molecule has 0 aliphatic carbocycles. The van der Waals surface area contributed by atoms with Crippen molar-refractivity contribution in [3.05, 3.63) is 18.2 Å². The van der Waals surface area contributed by atoms with E-state index in [2.05, 4.69) is 9.97 Å². The molecule has 0 bridgehead atoms. The summed E-state index contributed by atoms with van der Waals surface area (Å²) in [6.45, 7) is 7.10. The zero-order chi connectivity index (χ0) is 14.8. The highest BCUT2D eigenvalue weighted by molar-refractivity contribution is 5.81. The number of aromatic nitrogens is 2. The molecule has 6 heteroatoms. The Kier molecular flexibility index (Phi) is 4.20. The zero-order valence-electron chi connectivity index (χ0n) is 12.1. The molecule has 0 N–H and O–H groups in total. The summed E-state index contributed by atoms with van der Waals surface area (Å²) in [4.78, 5) is 21.6. The van der Waals surface area contributed by atoms with E-state index < -0.39 is 5.82 Å². The van der Waals surface area contributed by atoms with E-state index in [1.54, 1.807) is 0 Å². The maximum absolute atomic E-state index is 12.7. The number of hydrogen-bond donors (Lipinski definition) is 0. The average Bonchev–Trinajstić information content (AvgIpc) is 2.40. The van der Waals surface area contributed by atoms with Crippen LogP contribution in [0.2, 0.25) is 0 Å². The fraction of sp³-hybridized carbons (Fsp3) is 0.643. The normalized spacial score (nSPS) is 17.1. The van der Waals surface area contributed by atoms with Crippen LogP contribution < -0.4 is 4.74 Å². The van der Waals surface area contributed by atoms with Gasteiger partial charge in [-0.05, 0) is 0 Å². The monoisotopic (exact) mass is 281 g/mol. The minimum Gasteiger partial charge on any atom is -0.460 e. The molecule has 1 aromatic heterocycles. The summed E-state index contributed by atoms with van der Waals surface area (Å²) in [5, 5.41) is 0. The van der Waals surface area contributed by atoms with Gasteiger partial charge in [0.15, 0.2) is 5.82 Å². The molecule has 2 heterocycles. The number of ether oxygens (including phenoxy) is 1. The molecular formula is C14H20FN3O2. The molecule has 110 valence electrons. The molecule has 0 saturated carbocycles. The topological polar surface area (TPSA) is 55.3 Å². The van der Waals surface area contributed by atoms with E-state index in [-0.39, 0.29) is 23.4 Å². The molecule has 20 heavy (non-hydrogen) atoms. The second-order valence-electron chi connectivity index (χ2n) is 6.04. The lowest BCUT2D eigenvalue weighted by molar-refractivity contribution is -0.141. The predicted molar refractivity (Wildman–Crippen MR) is 71.7 cm³/mol. The summed E-state index contributed by atoms with van der Waals surface area (Å²) < 4.78 is 18.3. The maximum atomic E-state index is 12.7. The van der Waals surface area contributed by atoms with Gasteiger partial charge in [-0.1, -0.05) is 20.8 Å². The van der Waals surface area contributed by atoms with Crippen LogP contribution in [0.15, 0.2) is 12.4 Å². The van der Waals surface area contributed by atoms with Crippen LogP contribution in [0.5, 0.6) is 6.01 Å². The lowest BCUT2D eigenvalue weighted by atomic mass is 9.93. The van der Waals surface area contributed by atoms with Gasteiger partial charge < -0.3 is 9.64 Å². The molecular weight excluding hydrogens is 261 g/mol. The third-order valence-corrected chi connectivity index (χ3v) is 3.24. The molecule has 1 aliphatic rings. The van der Waals surface area contributed by atoms with Crippen molar-refractivity contribution in [3.8, 4) is 6.01 Å². The SMILES string of the molecule is CC(C)(C)C(=O)N1CCC(Oc2ncc(F)cn2)CC1. The third kappa shape index (κ3) is 3.65. The van der Waals surface area contributed by atoms with E-state index in [0.717, 1.165) is 25.2 Å². The molecule has 1 amide bonds. The largest absolute Gasteiger partial charge is 0.460 e. The fourth-order valence-corrected chi connectivity index (χ4v) is 2.16. The summed E-state index contributed by atoms with van der Waals surface area (Å²) in [5.74, 6) is -0.322. The van der Waals surface area contributed by atoms with E-state index in [0.29, 0.717) is 13.1 Å². The van der Waals surface area contributed by atoms with Crippen LogP contribution in [0, 0.1) is 11.2 Å². The van der Waals surface area contributed by atoms with Gasteiger partial charge in [0.2, 0.25) is 5.91 Å². The number of hydrogen-bond acceptors (Lipinski definition) is 4. The highest BCUT2D eigenvalue weighted by Crippen LogP contribution is 2.22. The average molecular weight is 281 g/mol. The minimum atomic E-state index is -0.483. The van der Waals surface area contributed by atoms with E-state index in [1.165, 1.54) is 0 Å². The number of carbonyl (C=O) groups excluding carboxylic acids is 1. The van der Waals surface area contributed by atoms with Crippen molar-refractivity contribution in [2.45, 2.75) is 39.7 Å². The Balaban J connectivity index is 1.85. The van der Waals surface area contributed by atoms with Gasteiger partial charge in [0.25, 0.3) is 0 Å². The summed E-state index contributed by atoms with van der Waals surface area (Å²) in [6, 6.07) is 0.187. The lowest BCUT2D eigenvalue weighted by Crippen LogP contribution is -2.46. The van der Waals surface area contributed by atoms with Crippen LogP contribution in [0.3, 0.4) is 0 Å². The van der Waals surface area contributed by atoms with E-state index in [9.17, 15) is 9.18 Å². The van der Waals surface area contributed by atoms with Gasteiger partial charge in [-0.2, -0.15) is 0 Å². The highest BCUT2D eigenvalue weighted by Gasteiger charge is 2.31. The van der Waals surface area contributed by atoms with Crippen molar-refractivity contribution >= 4 is 5.91 Å². The Morgan fingerprint density at radius 1 is 1.30 bits per heavy atom. The second kappa shape index (κ2) is 5.73. The fourth-order valence-electron chi connectivity index (χ4n) is 2.16. The first-order valence-electron chi connectivity index (χ1n) is 6.80. The molecule has 0 unspecified atom stereocenters. The summed E-state index contributed by atoms with van der Waals surface area (Å²) in [7, 11) is 0. The Hall–Kier alpha value is -1.72. The van der Waals surface area contributed by atoms with Gasteiger partial charge in [-0.3, -0.25) is 4.79 Å². The minimum absolute atomic E-state index is 0.0236. The number of nitrogens with zero attached hydrogens (tertiary/aromatic N) is 3. The third-order valence-electron chi connectivity index (χ3n) is 3.24. The standard InChI is InChI=1S/C14H20FN3O2/c1-14(2,3)12(19)18-6-4-11(5-7-18)20-13-16-8-10(15)9-17-13/h8-9,11H,4-7H2,1-3H3. The first-order valence-corrected chi connectivity index (χ1v) is 6.80. The van der Waals surface area contributed by atoms with E-state index >= 15 is 0 Å². The van der Waals surface area contributed by atoms with Crippen molar-refractivity contribution in [1.82, 2.24) is 14.9 Å². The number of halogens is 1. The Morgan fingerprint density at radius 3 is 2.35 bits per heavy atom. The van der Waals surface area contributed by atoms with Crippen LogP contribution in [0.25, 0.3) is 0 Å². The van der Waals surface area contributed by atoms with Gasteiger partial charge in [-0.25, -0.2) is 14.4 Å². The van der Waals surface area contributed by atoms with Crippen molar-refractivity contribution in [2.24, 2.45) is 5.41 Å². The van der Waals surface area contributed by atoms with Crippen LogP contribution in [0.4, 0.5) is 4.39 Å². The Morgan fingerprint density at radius 2 is 1.85 bits per heavy atom. The molecule has 1 aliphatic heterocycles. The molecule has 0 atom stereocenters. The van der Waals surface area contributed by atoms with Crippen LogP contribution >= 0.6 is 0 Å². The maximum Gasteiger partial charge on any atom is 0.316 e. The quantitative estimate of drug-likeness (QED) is 0.832. The van der Waals surface area contributed by atoms with Gasteiger partial charge in [0.05, 0.1) is 12.4 Å². The Labute approximate surface area is 118 Å². The first-order chi connectivity index (χ1) is 9.36. The summed E-state index contributed by atoms with van der Waals surface area (Å²) >= 11 is 0. The highest BCUT2D eigenvalue weighted by atomic mass is 19.1. The van der Waals surface area contributed by atoms with E-state index in [4.69, 9.17) is 4.74 Å². The summed E-state index contributed by atoms with van der Waals surface area (Å²) in [5.41, 5.74) is -0.353. The number of carbonyl (C=O) groups is 1. The molecule has 2 rings (SSSR count). The number of likely N-dealkylation sites (tertiary alicyclic amines) is 1. The van der Waals surface area contributed by atoms with Crippen molar-refractivity contribution < 1.29 is 13.9 Å². The van der Waals surface area contributed by atoms with Gasteiger partial charge >= 0.3 is 6.01 Å². The molecule has 0 radical (unpaired) electrons. The zero-order valence-corrected chi connectivity index (χ0v) is 12.1. The first kappa shape index (κ1) is 14.7. The Bertz CT molecular complexity index is 462. The summed E-state index contributed by atoms with van der Waals surface area (Å²) in [6.07, 6.45) is 3.62. The van der Waals surface area contributed by atoms with Crippen molar-refractivity contribution in [1.29, 1.82) is 0 Å². The number of rotatable bonds is 2. The van der Waals surface area contributed by atoms with Crippen LogP contribution in [0.1, 0.15) is 33.6 Å². The molecule has 5 nitrogen and oxygen atoms in total. The lowest BCUT2D eigenvalue weighted by Gasteiger charge is -2.35. The number of amides is 1. The van der Waals surface area contributed by atoms with E-state index in [1.807, 2.05) is 25.7 Å². The van der Waals surface area contributed by atoms with Gasteiger partial charge in [0.1, 0.15) is 6.10 Å². The molecule has 0 spiro atoms. The smallest absolute Gasteiger partial charge is 0.316 e. The second-order valence-corrected chi connectivity index (χ2v) is 6.04. The predicted octanol–water partition coefficient (Wildman–Crippen LogP) is 2.03. The van der Waals surface area contributed by atoms with Crippen LogP contribution in [-0.4, -0.2) is 40.0 Å². The number of piperidine rings is 1. The van der Waals surface area contributed by atoms with Gasteiger partial charge in [0, 0.05) is 31.3 Å². The molecule has 1 aromatic rings. The van der Waals surface area contributed by atoms with Crippen molar-refractivity contribution in [2.75, 3.05) is 13.1 Å². The molecule has 0 aromatic carbocycles. The van der Waals surface area contributed by atoms with Gasteiger partial charge in [-0.15, -0.1) is 0 Å². The molecule has 1 fully saturated rings. The molecule has 1 saturated heterocycles.